The molecule has 0 aliphatic heterocycles. The van der Waals surface area contributed by atoms with E-state index in [9.17, 15) is 18.0 Å². The first-order valence-corrected chi connectivity index (χ1v) is 7.93. The van der Waals surface area contributed by atoms with Crippen LogP contribution in [-0.2, 0) is 21.9 Å². The van der Waals surface area contributed by atoms with E-state index in [2.05, 4.69) is 10.0 Å². The van der Waals surface area contributed by atoms with E-state index in [4.69, 9.17) is 5.73 Å². The first-order chi connectivity index (χ1) is 9.69. The van der Waals surface area contributed by atoms with Gasteiger partial charge in [-0.1, -0.05) is 6.92 Å². The molecule has 0 unspecified atom stereocenters. The van der Waals surface area contributed by atoms with Crippen molar-refractivity contribution in [1.29, 1.82) is 0 Å². The van der Waals surface area contributed by atoms with Crippen LogP contribution in [-0.4, -0.2) is 37.4 Å². The number of aromatic nitrogens is 1. The predicted octanol–water partition coefficient (Wildman–Crippen LogP) is -0.683. The molecule has 1 aromatic rings. The quantitative estimate of drug-likeness (QED) is 0.616. The zero-order valence-electron chi connectivity index (χ0n) is 12.2. The van der Waals surface area contributed by atoms with E-state index in [1.807, 2.05) is 6.92 Å². The van der Waals surface area contributed by atoms with Crippen LogP contribution in [0.1, 0.15) is 30.8 Å². The first kappa shape index (κ1) is 17.2. The number of rotatable bonds is 7. The van der Waals surface area contributed by atoms with E-state index in [1.165, 1.54) is 30.8 Å². The number of amides is 2. The second-order valence-electron chi connectivity index (χ2n) is 4.67. The Hall–Kier alpha value is -1.87. The maximum absolute atomic E-state index is 12.2. The molecule has 2 amide bonds. The number of hydrogen-bond acceptors (Lipinski definition) is 4. The van der Waals surface area contributed by atoms with Crippen LogP contribution in [0.15, 0.2) is 17.2 Å². The molecule has 0 aliphatic carbocycles. The van der Waals surface area contributed by atoms with Crippen LogP contribution in [0.5, 0.6) is 0 Å². The van der Waals surface area contributed by atoms with Gasteiger partial charge in [-0.15, -0.1) is 0 Å². The third-order valence-electron chi connectivity index (χ3n) is 2.82. The fraction of sp³-hybridized carbons (Fsp3) is 0.500. The number of nitrogens with one attached hydrogen (secondary N) is 2. The summed E-state index contributed by atoms with van der Waals surface area (Å²) in [4.78, 5) is 22.7. The second-order valence-corrected chi connectivity index (χ2v) is 6.38. The van der Waals surface area contributed by atoms with Gasteiger partial charge in [0, 0.05) is 19.8 Å². The molecule has 0 fully saturated rings. The molecule has 1 atom stereocenters. The number of carbonyl (C=O) groups excluding carboxylic acids is 2. The number of sulfonamides is 1. The monoisotopic (exact) mass is 316 g/mol. The summed E-state index contributed by atoms with van der Waals surface area (Å²) < 4.78 is 27.9. The standard InChI is InChI=1S/C12H20N4O4S/c1-4-5-14-12(18)8(2)15-21(19,20)9-6-10(11(13)17)16(3)7-9/h6-8,15H,4-5H2,1-3H3,(H2,13,17)(H,14,18)/t8-/m0/s1. The molecule has 0 saturated carbocycles. The van der Waals surface area contributed by atoms with Crippen LogP contribution in [0.3, 0.4) is 0 Å². The summed E-state index contributed by atoms with van der Waals surface area (Å²) in [6.07, 6.45) is 2.02. The number of aryl methyl sites for hydroxylation is 1. The van der Waals surface area contributed by atoms with E-state index < -0.39 is 27.9 Å². The SMILES string of the molecule is CCCNC(=O)[C@H](C)NS(=O)(=O)c1cc(C(N)=O)n(C)c1. The fourth-order valence-corrected chi connectivity index (χ4v) is 2.95. The van der Waals surface area contributed by atoms with Gasteiger partial charge in [-0.2, -0.15) is 4.72 Å². The summed E-state index contributed by atoms with van der Waals surface area (Å²) in [5.74, 6) is -1.14. The minimum Gasteiger partial charge on any atom is -0.364 e. The second kappa shape index (κ2) is 6.72. The van der Waals surface area contributed by atoms with Crippen molar-refractivity contribution in [1.82, 2.24) is 14.6 Å². The van der Waals surface area contributed by atoms with Crippen molar-refractivity contribution in [2.75, 3.05) is 6.54 Å². The number of nitrogens with zero attached hydrogens (tertiary/aromatic N) is 1. The highest BCUT2D eigenvalue weighted by atomic mass is 32.2. The highest BCUT2D eigenvalue weighted by Crippen LogP contribution is 2.13. The van der Waals surface area contributed by atoms with Gasteiger partial charge in [-0.25, -0.2) is 8.42 Å². The van der Waals surface area contributed by atoms with Gasteiger partial charge in [0.15, 0.2) is 0 Å². The molecule has 0 saturated heterocycles. The Morgan fingerprint density at radius 2 is 2.05 bits per heavy atom. The smallest absolute Gasteiger partial charge is 0.265 e. The molecule has 21 heavy (non-hydrogen) atoms. The van der Waals surface area contributed by atoms with Crippen LogP contribution in [0.4, 0.5) is 0 Å². The Morgan fingerprint density at radius 3 is 2.52 bits per heavy atom. The average molecular weight is 316 g/mol. The van der Waals surface area contributed by atoms with Crippen molar-refractivity contribution in [3.63, 3.8) is 0 Å². The summed E-state index contributed by atoms with van der Waals surface area (Å²) in [5, 5.41) is 2.60. The normalized spacial score (nSPS) is 12.9. The van der Waals surface area contributed by atoms with E-state index in [1.54, 1.807) is 0 Å². The molecule has 4 N–H and O–H groups in total. The number of primary amides is 1. The van der Waals surface area contributed by atoms with Crippen molar-refractivity contribution in [3.8, 4) is 0 Å². The van der Waals surface area contributed by atoms with Gasteiger partial charge in [0.2, 0.25) is 15.9 Å². The van der Waals surface area contributed by atoms with Crippen LogP contribution < -0.4 is 15.8 Å². The van der Waals surface area contributed by atoms with Crippen LogP contribution >= 0.6 is 0 Å². The van der Waals surface area contributed by atoms with Crippen molar-refractivity contribution in [3.05, 3.63) is 18.0 Å². The zero-order chi connectivity index (χ0) is 16.2. The minimum atomic E-state index is -3.90. The maximum Gasteiger partial charge on any atom is 0.265 e. The lowest BCUT2D eigenvalue weighted by Crippen LogP contribution is -2.44. The molecule has 118 valence electrons. The summed E-state index contributed by atoms with van der Waals surface area (Å²) in [6, 6.07) is 0.250. The maximum atomic E-state index is 12.2. The summed E-state index contributed by atoms with van der Waals surface area (Å²) in [5.41, 5.74) is 5.20. The topological polar surface area (TPSA) is 123 Å². The molecule has 1 rings (SSSR count). The van der Waals surface area contributed by atoms with E-state index >= 15 is 0 Å². The molecule has 1 heterocycles. The molecule has 0 spiro atoms. The van der Waals surface area contributed by atoms with Gasteiger partial charge < -0.3 is 15.6 Å². The van der Waals surface area contributed by atoms with Crippen molar-refractivity contribution in [2.45, 2.75) is 31.2 Å². The Morgan fingerprint density at radius 1 is 1.43 bits per heavy atom. The largest absolute Gasteiger partial charge is 0.364 e. The zero-order valence-corrected chi connectivity index (χ0v) is 13.0. The Kier molecular flexibility index (Phi) is 5.50. The highest BCUT2D eigenvalue weighted by molar-refractivity contribution is 7.89. The minimum absolute atomic E-state index is 0.0680. The van der Waals surface area contributed by atoms with Gasteiger partial charge in [0.1, 0.15) is 10.6 Å². The van der Waals surface area contributed by atoms with Crippen LogP contribution in [0.25, 0.3) is 0 Å². The lowest BCUT2D eigenvalue weighted by molar-refractivity contribution is -0.122. The molecule has 0 aliphatic rings. The highest BCUT2D eigenvalue weighted by Gasteiger charge is 2.24. The van der Waals surface area contributed by atoms with E-state index in [0.717, 1.165) is 6.42 Å². The van der Waals surface area contributed by atoms with Crippen LogP contribution in [0.2, 0.25) is 0 Å². The van der Waals surface area contributed by atoms with Gasteiger partial charge >= 0.3 is 0 Å². The van der Waals surface area contributed by atoms with Gasteiger partial charge in [0.05, 0.1) is 6.04 Å². The van der Waals surface area contributed by atoms with Crippen molar-refractivity contribution < 1.29 is 18.0 Å². The Balaban J connectivity index is 2.89. The van der Waals surface area contributed by atoms with E-state index in [0.29, 0.717) is 6.54 Å². The van der Waals surface area contributed by atoms with E-state index in [-0.39, 0.29) is 10.6 Å². The number of nitrogens with two attached hydrogens (primary N) is 1. The molecular formula is C12H20N4O4S. The third kappa shape index (κ3) is 4.30. The van der Waals surface area contributed by atoms with Gasteiger partial charge in [-0.05, 0) is 19.4 Å². The first-order valence-electron chi connectivity index (χ1n) is 6.45. The third-order valence-corrected chi connectivity index (χ3v) is 4.32. The fourth-order valence-electron chi connectivity index (χ4n) is 1.68. The summed E-state index contributed by atoms with van der Waals surface area (Å²) in [7, 11) is -2.39. The Labute approximate surface area is 123 Å². The van der Waals surface area contributed by atoms with Gasteiger partial charge in [-0.3, -0.25) is 9.59 Å². The molecule has 1 aromatic heterocycles. The predicted molar refractivity (Wildman–Crippen MR) is 77.0 cm³/mol. The molecule has 9 heteroatoms. The molecule has 0 aromatic carbocycles. The number of hydrogen-bond donors (Lipinski definition) is 3. The van der Waals surface area contributed by atoms with Crippen molar-refractivity contribution >= 4 is 21.8 Å². The molecule has 0 bridgehead atoms. The Bertz CT molecular complexity index is 636. The lowest BCUT2D eigenvalue weighted by Gasteiger charge is -2.13. The molecule has 8 nitrogen and oxygen atoms in total. The van der Waals surface area contributed by atoms with Crippen molar-refractivity contribution in [2.24, 2.45) is 12.8 Å². The van der Waals surface area contributed by atoms with Crippen LogP contribution in [0, 0.1) is 0 Å². The molecule has 0 radical (unpaired) electrons. The number of carbonyl (C=O) groups is 2. The summed E-state index contributed by atoms with van der Waals surface area (Å²) in [6.45, 7) is 3.81. The molecular weight excluding hydrogens is 296 g/mol. The lowest BCUT2D eigenvalue weighted by atomic mass is 10.3. The van der Waals surface area contributed by atoms with Gasteiger partial charge in [0.25, 0.3) is 5.91 Å². The average Bonchev–Trinajstić information content (AvgIpc) is 2.78. The summed E-state index contributed by atoms with van der Waals surface area (Å²) >= 11 is 0.